The predicted octanol–water partition coefficient (Wildman–Crippen LogP) is 1.31. The van der Waals surface area contributed by atoms with Crippen LogP contribution in [0.25, 0.3) is 5.65 Å². The number of fused-ring (bicyclic) bond motifs is 1. The first-order valence-electron chi connectivity index (χ1n) is 8.61. The number of hydrogen-bond acceptors (Lipinski definition) is 8. The molecule has 26 heavy (non-hydrogen) atoms. The topological polar surface area (TPSA) is 90.6 Å². The zero-order valence-corrected chi connectivity index (χ0v) is 14.9. The number of rotatable bonds is 5. The largest absolute Gasteiger partial charge is 0.480 e. The maximum absolute atomic E-state index is 5.22. The van der Waals surface area contributed by atoms with Gasteiger partial charge in [0.25, 0.3) is 0 Å². The molecule has 1 aliphatic heterocycles. The maximum Gasteiger partial charge on any atom is 0.316 e. The highest BCUT2D eigenvalue weighted by atomic mass is 16.5. The van der Waals surface area contributed by atoms with Crippen LogP contribution in [0.2, 0.25) is 0 Å². The molecule has 0 saturated carbocycles. The molecule has 0 bridgehead atoms. The van der Waals surface area contributed by atoms with Crippen LogP contribution in [0.5, 0.6) is 11.9 Å². The van der Waals surface area contributed by atoms with Gasteiger partial charge in [-0.1, -0.05) is 0 Å². The summed E-state index contributed by atoms with van der Waals surface area (Å²) in [5.41, 5.74) is 1.71. The Bertz CT molecular complexity index is 890. The first-order chi connectivity index (χ1) is 12.8. The van der Waals surface area contributed by atoms with Crippen LogP contribution in [0.3, 0.4) is 0 Å². The second-order valence-electron chi connectivity index (χ2n) is 6.29. The average molecular weight is 355 g/mol. The highest BCUT2D eigenvalue weighted by Gasteiger charge is 2.25. The molecule has 9 nitrogen and oxygen atoms in total. The third kappa shape index (κ3) is 3.30. The predicted molar refractivity (Wildman–Crippen MR) is 93.2 cm³/mol. The smallest absolute Gasteiger partial charge is 0.316 e. The molecule has 4 heterocycles. The van der Waals surface area contributed by atoms with Crippen LogP contribution in [0.15, 0.2) is 24.4 Å². The Hall–Kier alpha value is -2.81. The number of ether oxygens (including phenoxy) is 2. The van der Waals surface area contributed by atoms with Crippen molar-refractivity contribution in [3.05, 3.63) is 35.9 Å². The van der Waals surface area contributed by atoms with Crippen LogP contribution in [0.4, 0.5) is 0 Å². The van der Waals surface area contributed by atoms with Crippen molar-refractivity contribution in [3.8, 4) is 11.9 Å². The lowest BCUT2D eigenvalue weighted by Gasteiger charge is -2.30. The number of piperidine rings is 1. The van der Waals surface area contributed by atoms with E-state index in [4.69, 9.17) is 9.47 Å². The molecule has 136 valence electrons. The molecule has 3 aromatic heterocycles. The van der Waals surface area contributed by atoms with Crippen molar-refractivity contribution in [2.24, 2.45) is 0 Å². The van der Waals surface area contributed by atoms with Gasteiger partial charge in [0.15, 0.2) is 11.5 Å². The number of likely N-dealkylation sites (tertiary alicyclic amines) is 1. The summed E-state index contributed by atoms with van der Waals surface area (Å²) in [5, 5.41) is 13.1. The fourth-order valence-electron chi connectivity index (χ4n) is 3.29. The van der Waals surface area contributed by atoms with Gasteiger partial charge in [-0.2, -0.15) is 9.50 Å². The summed E-state index contributed by atoms with van der Waals surface area (Å²) in [6.45, 7) is 2.73. The van der Waals surface area contributed by atoms with Gasteiger partial charge in [-0.3, -0.25) is 4.90 Å². The summed E-state index contributed by atoms with van der Waals surface area (Å²) in [4.78, 5) is 10.8. The van der Waals surface area contributed by atoms with E-state index < -0.39 is 0 Å². The Balaban J connectivity index is 1.43. The lowest BCUT2D eigenvalue weighted by atomic mass is 9.96. The van der Waals surface area contributed by atoms with Crippen molar-refractivity contribution < 1.29 is 9.47 Å². The van der Waals surface area contributed by atoms with E-state index >= 15 is 0 Å². The molecule has 3 aromatic rings. The third-order valence-electron chi connectivity index (χ3n) is 4.68. The van der Waals surface area contributed by atoms with Crippen LogP contribution in [0, 0.1) is 0 Å². The molecule has 0 aliphatic carbocycles. The van der Waals surface area contributed by atoms with E-state index in [0.717, 1.165) is 49.6 Å². The molecule has 0 unspecified atom stereocenters. The Labute approximate surface area is 151 Å². The van der Waals surface area contributed by atoms with E-state index in [1.54, 1.807) is 31.0 Å². The second-order valence-corrected chi connectivity index (χ2v) is 6.29. The summed E-state index contributed by atoms with van der Waals surface area (Å²) in [6, 6.07) is 6.01. The Morgan fingerprint density at radius 3 is 2.69 bits per heavy atom. The summed E-state index contributed by atoms with van der Waals surface area (Å²) in [6.07, 6.45) is 3.74. The Morgan fingerprint density at radius 2 is 1.92 bits per heavy atom. The van der Waals surface area contributed by atoms with Gasteiger partial charge in [0.2, 0.25) is 5.88 Å². The summed E-state index contributed by atoms with van der Waals surface area (Å²) >= 11 is 0. The summed E-state index contributed by atoms with van der Waals surface area (Å²) in [5.74, 6) is 1.80. The van der Waals surface area contributed by atoms with Crippen molar-refractivity contribution in [2.75, 3.05) is 27.3 Å². The number of hydrogen-bond donors (Lipinski definition) is 0. The average Bonchev–Trinajstić information content (AvgIpc) is 3.12. The lowest BCUT2D eigenvalue weighted by Crippen LogP contribution is -2.33. The number of methoxy groups -OCH3 is 2. The molecule has 0 radical (unpaired) electrons. The van der Waals surface area contributed by atoms with Crippen LogP contribution < -0.4 is 9.47 Å². The molecule has 1 fully saturated rings. The highest BCUT2D eigenvalue weighted by molar-refractivity contribution is 5.38. The zero-order chi connectivity index (χ0) is 17.9. The van der Waals surface area contributed by atoms with E-state index in [0.29, 0.717) is 17.8 Å². The van der Waals surface area contributed by atoms with Crippen LogP contribution in [-0.2, 0) is 6.54 Å². The Kier molecular flexibility index (Phi) is 4.61. The fraction of sp³-hybridized carbons (Fsp3) is 0.471. The van der Waals surface area contributed by atoms with Crippen molar-refractivity contribution in [3.63, 3.8) is 0 Å². The van der Waals surface area contributed by atoms with Gasteiger partial charge in [-0.05, 0) is 38.1 Å². The first-order valence-corrected chi connectivity index (χ1v) is 8.61. The standard InChI is InChI=1S/C17H21N7O2/c1-25-15-4-3-14-20-21-16(24(14)22-15)12-6-9-23(10-7-12)11-13-5-8-18-17(19-13)26-2/h3-5,8,12H,6-7,9-11H2,1-2H3. The van der Waals surface area contributed by atoms with Gasteiger partial charge in [0, 0.05) is 24.7 Å². The minimum absolute atomic E-state index is 0.334. The minimum Gasteiger partial charge on any atom is -0.480 e. The molecule has 0 spiro atoms. The zero-order valence-electron chi connectivity index (χ0n) is 14.9. The van der Waals surface area contributed by atoms with E-state index in [-0.39, 0.29) is 0 Å². The first kappa shape index (κ1) is 16.6. The van der Waals surface area contributed by atoms with Gasteiger partial charge < -0.3 is 9.47 Å². The molecule has 0 amide bonds. The molecular formula is C17H21N7O2. The van der Waals surface area contributed by atoms with Gasteiger partial charge in [0.1, 0.15) is 0 Å². The molecule has 0 N–H and O–H groups in total. The van der Waals surface area contributed by atoms with Crippen molar-refractivity contribution >= 4 is 5.65 Å². The van der Waals surface area contributed by atoms with Crippen molar-refractivity contribution in [2.45, 2.75) is 25.3 Å². The third-order valence-corrected chi connectivity index (χ3v) is 4.68. The molecule has 4 rings (SSSR count). The lowest BCUT2D eigenvalue weighted by molar-refractivity contribution is 0.198. The van der Waals surface area contributed by atoms with Crippen molar-refractivity contribution in [1.82, 2.24) is 34.7 Å². The van der Waals surface area contributed by atoms with E-state index in [9.17, 15) is 0 Å². The van der Waals surface area contributed by atoms with Crippen LogP contribution >= 0.6 is 0 Å². The molecular weight excluding hydrogens is 334 g/mol. The number of aromatic nitrogens is 6. The normalized spacial score (nSPS) is 16.1. The molecule has 1 saturated heterocycles. The van der Waals surface area contributed by atoms with Gasteiger partial charge in [-0.25, -0.2) is 4.98 Å². The molecule has 1 aliphatic rings. The van der Waals surface area contributed by atoms with Gasteiger partial charge >= 0.3 is 6.01 Å². The van der Waals surface area contributed by atoms with E-state index in [1.807, 2.05) is 12.1 Å². The molecule has 0 atom stereocenters. The Morgan fingerprint density at radius 1 is 1.08 bits per heavy atom. The molecule has 0 aromatic carbocycles. The van der Waals surface area contributed by atoms with Crippen LogP contribution in [0.1, 0.15) is 30.3 Å². The van der Waals surface area contributed by atoms with Crippen LogP contribution in [-0.4, -0.2) is 62.0 Å². The van der Waals surface area contributed by atoms with Gasteiger partial charge in [-0.15, -0.1) is 15.3 Å². The SMILES string of the molecule is COc1ccc2nnc(C3CCN(Cc4ccnc(OC)n4)CC3)n2n1. The number of nitrogens with zero attached hydrogens (tertiary/aromatic N) is 7. The van der Waals surface area contributed by atoms with Gasteiger partial charge in [0.05, 0.1) is 19.9 Å². The quantitative estimate of drug-likeness (QED) is 0.677. The minimum atomic E-state index is 0.334. The molecule has 9 heteroatoms. The van der Waals surface area contributed by atoms with E-state index in [2.05, 4.69) is 30.2 Å². The highest BCUT2D eigenvalue weighted by Crippen LogP contribution is 2.27. The summed E-state index contributed by atoms with van der Waals surface area (Å²) in [7, 11) is 3.19. The van der Waals surface area contributed by atoms with Crippen molar-refractivity contribution in [1.29, 1.82) is 0 Å². The van der Waals surface area contributed by atoms with E-state index in [1.165, 1.54) is 0 Å². The second kappa shape index (κ2) is 7.20. The summed E-state index contributed by atoms with van der Waals surface area (Å²) < 4.78 is 12.1. The monoisotopic (exact) mass is 355 g/mol. The maximum atomic E-state index is 5.22. The fourth-order valence-corrected chi connectivity index (χ4v) is 3.29.